The second kappa shape index (κ2) is 7.62. The first kappa shape index (κ1) is 15.3. The third-order valence-corrected chi connectivity index (χ3v) is 3.74. The maximum Gasteiger partial charge on any atom is 0.191 e. The molecule has 1 fully saturated rings. The Bertz CT molecular complexity index is 263. The summed E-state index contributed by atoms with van der Waals surface area (Å²) in [5.74, 6) is 1.63. The average Bonchev–Trinajstić information content (AvgIpc) is 2.70. The fraction of sp³-hybridized carbons (Fsp3) is 0.929. The molecule has 0 spiro atoms. The van der Waals surface area contributed by atoms with Gasteiger partial charge in [0.1, 0.15) is 0 Å². The highest BCUT2D eigenvalue weighted by Crippen LogP contribution is 2.18. The van der Waals surface area contributed by atoms with Crippen molar-refractivity contribution >= 4 is 5.96 Å². The van der Waals surface area contributed by atoms with Crippen molar-refractivity contribution in [3.8, 4) is 0 Å². The van der Waals surface area contributed by atoms with Gasteiger partial charge in [-0.1, -0.05) is 20.3 Å². The van der Waals surface area contributed by atoms with Gasteiger partial charge in [-0.25, -0.2) is 0 Å². The van der Waals surface area contributed by atoms with Gasteiger partial charge >= 0.3 is 0 Å². The van der Waals surface area contributed by atoms with Crippen LogP contribution in [-0.2, 0) is 0 Å². The van der Waals surface area contributed by atoms with Crippen LogP contribution in [0.25, 0.3) is 0 Å². The molecule has 0 aromatic carbocycles. The summed E-state index contributed by atoms with van der Waals surface area (Å²) in [7, 11) is 1.85. The SMILES string of the molecule is CCCCNC(=NC)NC1CN(C(C)C)CC1C. The number of nitrogens with one attached hydrogen (secondary N) is 2. The Hall–Kier alpha value is -0.770. The minimum absolute atomic E-state index is 0.514. The van der Waals surface area contributed by atoms with Crippen molar-refractivity contribution in [2.45, 2.75) is 52.6 Å². The first-order chi connectivity index (χ1) is 8.58. The molecule has 2 N–H and O–H groups in total. The molecule has 0 radical (unpaired) electrons. The minimum Gasteiger partial charge on any atom is -0.356 e. The fourth-order valence-corrected chi connectivity index (χ4v) is 2.37. The van der Waals surface area contributed by atoms with E-state index in [9.17, 15) is 0 Å². The van der Waals surface area contributed by atoms with E-state index in [1.165, 1.54) is 19.4 Å². The zero-order chi connectivity index (χ0) is 13.5. The summed E-state index contributed by atoms with van der Waals surface area (Å²) in [5, 5.41) is 6.94. The summed E-state index contributed by atoms with van der Waals surface area (Å²) in [6.45, 7) is 12.4. The molecule has 106 valence electrons. The number of likely N-dealkylation sites (tertiary alicyclic amines) is 1. The topological polar surface area (TPSA) is 39.7 Å². The van der Waals surface area contributed by atoms with E-state index >= 15 is 0 Å². The summed E-state index contributed by atoms with van der Waals surface area (Å²) in [5.41, 5.74) is 0. The first-order valence-electron chi connectivity index (χ1n) is 7.29. The van der Waals surface area contributed by atoms with Crippen LogP contribution in [0.4, 0.5) is 0 Å². The van der Waals surface area contributed by atoms with Gasteiger partial charge in [-0.05, 0) is 26.2 Å². The number of rotatable bonds is 5. The molecular weight excluding hydrogens is 224 g/mol. The molecule has 4 nitrogen and oxygen atoms in total. The van der Waals surface area contributed by atoms with Crippen molar-refractivity contribution in [3.05, 3.63) is 0 Å². The molecule has 18 heavy (non-hydrogen) atoms. The number of unbranched alkanes of at least 4 members (excludes halogenated alkanes) is 1. The Morgan fingerprint density at radius 2 is 2.11 bits per heavy atom. The lowest BCUT2D eigenvalue weighted by molar-refractivity contribution is 0.265. The zero-order valence-corrected chi connectivity index (χ0v) is 12.7. The highest BCUT2D eigenvalue weighted by atomic mass is 15.3. The lowest BCUT2D eigenvalue weighted by atomic mass is 10.1. The van der Waals surface area contributed by atoms with E-state index in [-0.39, 0.29) is 0 Å². The van der Waals surface area contributed by atoms with Gasteiger partial charge in [0.15, 0.2) is 5.96 Å². The van der Waals surface area contributed by atoms with Crippen LogP contribution >= 0.6 is 0 Å². The highest BCUT2D eigenvalue weighted by molar-refractivity contribution is 5.80. The van der Waals surface area contributed by atoms with E-state index in [0.29, 0.717) is 18.0 Å². The van der Waals surface area contributed by atoms with Gasteiger partial charge in [0.25, 0.3) is 0 Å². The Balaban J connectivity index is 2.40. The second-order valence-corrected chi connectivity index (χ2v) is 5.63. The molecule has 1 aliphatic rings. The van der Waals surface area contributed by atoms with Crippen molar-refractivity contribution in [2.24, 2.45) is 10.9 Å². The van der Waals surface area contributed by atoms with E-state index in [1.54, 1.807) is 0 Å². The zero-order valence-electron chi connectivity index (χ0n) is 12.7. The van der Waals surface area contributed by atoms with Crippen LogP contribution in [0.15, 0.2) is 4.99 Å². The van der Waals surface area contributed by atoms with Crippen LogP contribution in [0.5, 0.6) is 0 Å². The van der Waals surface area contributed by atoms with E-state index in [4.69, 9.17) is 0 Å². The van der Waals surface area contributed by atoms with Gasteiger partial charge < -0.3 is 10.6 Å². The molecule has 0 bridgehead atoms. The van der Waals surface area contributed by atoms with Gasteiger partial charge in [-0.3, -0.25) is 9.89 Å². The maximum absolute atomic E-state index is 4.30. The maximum atomic E-state index is 4.30. The molecular formula is C14H30N4. The van der Waals surface area contributed by atoms with E-state index < -0.39 is 0 Å². The minimum atomic E-state index is 0.514. The van der Waals surface area contributed by atoms with Gasteiger partial charge in [-0.2, -0.15) is 0 Å². The Morgan fingerprint density at radius 1 is 1.39 bits per heavy atom. The molecule has 4 heteroatoms. The lowest BCUT2D eigenvalue weighted by Gasteiger charge is -2.21. The molecule has 2 atom stereocenters. The van der Waals surface area contributed by atoms with Crippen LogP contribution < -0.4 is 10.6 Å². The largest absolute Gasteiger partial charge is 0.356 e. The van der Waals surface area contributed by atoms with Crippen molar-refractivity contribution < 1.29 is 0 Å². The predicted octanol–water partition coefficient (Wildman–Crippen LogP) is 1.68. The molecule has 0 saturated carbocycles. The molecule has 0 aliphatic carbocycles. The number of hydrogen-bond acceptors (Lipinski definition) is 2. The number of aliphatic imine (C=N–C) groups is 1. The average molecular weight is 254 g/mol. The van der Waals surface area contributed by atoms with Crippen molar-refractivity contribution in [1.82, 2.24) is 15.5 Å². The van der Waals surface area contributed by atoms with Gasteiger partial charge in [0, 0.05) is 38.8 Å². The lowest BCUT2D eigenvalue weighted by Crippen LogP contribution is -2.47. The molecule has 0 amide bonds. The summed E-state index contributed by atoms with van der Waals surface area (Å²) in [6, 6.07) is 1.15. The van der Waals surface area contributed by atoms with Crippen molar-refractivity contribution in [3.63, 3.8) is 0 Å². The van der Waals surface area contributed by atoms with Gasteiger partial charge in [-0.15, -0.1) is 0 Å². The molecule has 1 saturated heterocycles. The summed E-state index contributed by atoms with van der Waals surface area (Å²) in [6.07, 6.45) is 2.41. The Morgan fingerprint density at radius 3 is 2.61 bits per heavy atom. The molecule has 1 rings (SSSR count). The van der Waals surface area contributed by atoms with Crippen molar-refractivity contribution in [2.75, 3.05) is 26.7 Å². The monoisotopic (exact) mass is 254 g/mol. The summed E-state index contributed by atoms with van der Waals surface area (Å²) >= 11 is 0. The Kier molecular flexibility index (Phi) is 6.47. The summed E-state index contributed by atoms with van der Waals surface area (Å²) < 4.78 is 0. The van der Waals surface area contributed by atoms with Crippen LogP contribution in [0.1, 0.15) is 40.5 Å². The van der Waals surface area contributed by atoms with Crippen molar-refractivity contribution in [1.29, 1.82) is 0 Å². The third-order valence-electron chi connectivity index (χ3n) is 3.74. The number of nitrogens with zero attached hydrogens (tertiary/aromatic N) is 2. The quantitative estimate of drug-likeness (QED) is 0.445. The number of hydrogen-bond donors (Lipinski definition) is 2. The molecule has 0 aromatic heterocycles. The third kappa shape index (κ3) is 4.48. The molecule has 0 aromatic rings. The van der Waals surface area contributed by atoms with Gasteiger partial charge in [0.05, 0.1) is 0 Å². The fourth-order valence-electron chi connectivity index (χ4n) is 2.37. The van der Waals surface area contributed by atoms with Crippen LogP contribution in [0.3, 0.4) is 0 Å². The van der Waals surface area contributed by atoms with E-state index in [1.807, 2.05) is 7.05 Å². The first-order valence-corrected chi connectivity index (χ1v) is 7.29. The van der Waals surface area contributed by atoms with Crippen LogP contribution in [-0.4, -0.2) is 49.6 Å². The smallest absolute Gasteiger partial charge is 0.191 e. The molecule has 2 unspecified atom stereocenters. The molecule has 1 aliphatic heterocycles. The van der Waals surface area contributed by atoms with Gasteiger partial charge in [0.2, 0.25) is 0 Å². The van der Waals surface area contributed by atoms with E-state index in [2.05, 4.69) is 48.2 Å². The van der Waals surface area contributed by atoms with Crippen LogP contribution in [0, 0.1) is 5.92 Å². The molecule has 1 heterocycles. The number of guanidine groups is 1. The Labute approximate surface area is 112 Å². The second-order valence-electron chi connectivity index (χ2n) is 5.63. The summed E-state index contributed by atoms with van der Waals surface area (Å²) in [4.78, 5) is 6.83. The highest BCUT2D eigenvalue weighted by Gasteiger charge is 2.31. The predicted molar refractivity (Wildman–Crippen MR) is 79.1 cm³/mol. The van der Waals surface area contributed by atoms with E-state index in [0.717, 1.165) is 19.0 Å². The van der Waals surface area contributed by atoms with Crippen LogP contribution in [0.2, 0.25) is 0 Å². The normalized spacial score (nSPS) is 25.8. The standard InChI is InChI=1S/C14H30N4/c1-6-7-8-16-14(15-5)17-13-10-18(11(2)3)9-12(13)4/h11-13H,6-10H2,1-5H3,(H2,15,16,17).